The van der Waals surface area contributed by atoms with Crippen LogP contribution in [0, 0.1) is 5.92 Å². The van der Waals surface area contributed by atoms with Crippen LogP contribution in [-0.2, 0) is 13.1 Å². The summed E-state index contributed by atoms with van der Waals surface area (Å²) in [4.78, 5) is 2.43. The molecule has 1 N–H and O–H groups in total. The topological polar surface area (TPSA) is 15.3 Å². The normalized spacial score (nSPS) is 13.1. The Morgan fingerprint density at radius 1 is 1.24 bits per heavy atom. The van der Waals surface area contributed by atoms with Gasteiger partial charge in [-0.1, -0.05) is 55.3 Å². The van der Waals surface area contributed by atoms with E-state index in [4.69, 9.17) is 0 Å². The fourth-order valence-corrected chi connectivity index (χ4v) is 2.95. The summed E-state index contributed by atoms with van der Waals surface area (Å²) in [5.41, 5.74) is 2.71. The van der Waals surface area contributed by atoms with Crippen LogP contribution in [0.15, 0.2) is 22.7 Å². The molecule has 0 saturated carbocycles. The lowest BCUT2D eigenvalue weighted by molar-refractivity contribution is 0.236. The molecule has 1 aromatic carbocycles. The molecule has 0 saturated heterocycles. The Balaban J connectivity index is 2.57. The molecule has 0 aromatic heterocycles. The molecule has 0 aliphatic carbocycles. The van der Waals surface area contributed by atoms with E-state index in [1.807, 2.05) is 0 Å². The van der Waals surface area contributed by atoms with Crippen molar-refractivity contribution in [2.24, 2.45) is 5.92 Å². The second-order valence-electron chi connectivity index (χ2n) is 6.50. The highest BCUT2D eigenvalue weighted by Crippen LogP contribution is 2.21. The van der Waals surface area contributed by atoms with Gasteiger partial charge < -0.3 is 5.32 Å². The van der Waals surface area contributed by atoms with Gasteiger partial charge in [-0.2, -0.15) is 0 Å². The monoisotopic (exact) mass is 354 g/mol. The molecule has 0 heterocycles. The minimum Gasteiger partial charge on any atom is -0.312 e. The Morgan fingerprint density at radius 2 is 1.95 bits per heavy atom. The van der Waals surface area contributed by atoms with Gasteiger partial charge in [0, 0.05) is 23.6 Å². The van der Waals surface area contributed by atoms with E-state index in [1.165, 1.54) is 28.4 Å². The summed E-state index contributed by atoms with van der Waals surface area (Å²) in [6.07, 6.45) is 2.50. The van der Waals surface area contributed by atoms with Crippen LogP contribution in [0.5, 0.6) is 0 Å². The van der Waals surface area contributed by atoms with Crippen molar-refractivity contribution in [1.29, 1.82) is 0 Å². The third kappa shape index (κ3) is 6.94. The fourth-order valence-electron chi connectivity index (χ4n) is 2.40. The van der Waals surface area contributed by atoms with Crippen molar-refractivity contribution in [3.05, 3.63) is 33.8 Å². The number of hydrogen-bond donors (Lipinski definition) is 1. The van der Waals surface area contributed by atoms with Gasteiger partial charge in [0.2, 0.25) is 0 Å². The van der Waals surface area contributed by atoms with Crippen LogP contribution in [0.4, 0.5) is 0 Å². The molecular weight excluding hydrogens is 324 g/mol. The Kier molecular flexibility index (Phi) is 8.53. The van der Waals surface area contributed by atoms with Gasteiger partial charge >= 0.3 is 0 Å². The van der Waals surface area contributed by atoms with E-state index < -0.39 is 0 Å². The van der Waals surface area contributed by atoms with Crippen molar-refractivity contribution < 1.29 is 0 Å². The van der Waals surface area contributed by atoms with Crippen molar-refractivity contribution in [2.75, 3.05) is 13.6 Å². The number of hydrogen-bond acceptors (Lipinski definition) is 2. The van der Waals surface area contributed by atoms with E-state index >= 15 is 0 Å². The molecule has 0 radical (unpaired) electrons. The molecule has 0 amide bonds. The Morgan fingerprint density at radius 3 is 2.52 bits per heavy atom. The van der Waals surface area contributed by atoms with Gasteiger partial charge in [-0.05, 0) is 50.0 Å². The lowest BCUT2D eigenvalue weighted by atomic mass is 10.1. The third-order valence-electron chi connectivity index (χ3n) is 3.88. The summed E-state index contributed by atoms with van der Waals surface area (Å²) in [6.45, 7) is 12.0. The molecule has 0 bridgehead atoms. The van der Waals surface area contributed by atoms with Crippen LogP contribution in [0.25, 0.3) is 0 Å². The average molecular weight is 355 g/mol. The highest BCUT2D eigenvalue weighted by Gasteiger charge is 2.10. The maximum Gasteiger partial charge on any atom is 0.0244 e. The molecule has 2 nitrogen and oxygen atoms in total. The van der Waals surface area contributed by atoms with E-state index in [1.54, 1.807) is 0 Å². The zero-order valence-corrected chi connectivity index (χ0v) is 15.8. The summed E-state index contributed by atoms with van der Waals surface area (Å²) in [6, 6.07) is 7.38. The zero-order valence-electron chi connectivity index (χ0n) is 14.2. The molecule has 1 atom stereocenters. The summed E-state index contributed by atoms with van der Waals surface area (Å²) in [7, 11) is 2.21. The minimum atomic E-state index is 0.634. The standard InChI is InChI=1S/C18H31BrN2/c1-6-7-15(4)21(5)13-17-9-8-16(10-18(17)19)12-20-11-14(2)3/h8-10,14-15,20H,6-7,11-13H2,1-5H3. The van der Waals surface area contributed by atoms with Gasteiger partial charge in [0.15, 0.2) is 0 Å². The lowest BCUT2D eigenvalue weighted by Crippen LogP contribution is -2.28. The van der Waals surface area contributed by atoms with E-state index in [2.05, 4.69) is 79.1 Å². The number of benzene rings is 1. The molecule has 1 rings (SSSR count). The number of nitrogens with one attached hydrogen (secondary N) is 1. The molecule has 3 heteroatoms. The molecule has 0 aliphatic heterocycles. The maximum atomic E-state index is 3.73. The number of rotatable bonds is 9. The van der Waals surface area contributed by atoms with E-state index in [9.17, 15) is 0 Å². The van der Waals surface area contributed by atoms with Crippen molar-refractivity contribution in [2.45, 2.75) is 59.7 Å². The highest BCUT2D eigenvalue weighted by molar-refractivity contribution is 9.10. The maximum absolute atomic E-state index is 3.73. The molecule has 120 valence electrons. The quantitative estimate of drug-likeness (QED) is 0.684. The van der Waals surface area contributed by atoms with E-state index in [-0.39, 0.29) is 0 Å². The van der Waals surface area contributed by atoms with Gasteiger partial charge in [-0.25, -0.2) is 0 Å². The van der Waals surface area contributed by atoms with Crippen molar-refractivity contribution >= 4 is 15.9 Å². The largest absolute Gasteiger partial charge is 0.312 e. The zero-order chi connectivity index (χ0) is 15.8. The first-order valence-corrected chi connectivity index (χ1v) is 8.91. The SMILES string of the molecule is CCCC(C)N(C)Cc1ccc(CNCC(C)C)cc1Br. The first-order valence-electron chi connectivity index (χ1n) is 8.12. The minimum absolute atomic E-state index is 0.634. The van der Waals surface area contributed by atoms with Crippen LogP contribution in [-0.4, -0.2) is 24.5 Å². The highest BCUT2D eigenvalue weighted by atomic mass is 79.9. The van der Waals surface area contributed by atoms with Crippen LogP contribution < -0.4 is 5.32 Å². The van der Waals surface area contributed by atoms with E-state index in [0.29, 0.717) is 12.0 Å². The van der Waals surface area contributed by atoms with Crippen LogP contribution in [0.1, 0.15) is 51.7 Å². The Labute approximate surface area is 139 Å². The van der Waals surface area contributed by atoms with Gasteiger partial charge in [0.05, 0.1) is 0 Å². The van der Waals surface area contributed by atoms with Gasteiger partial charge in [0.1, 0.15) is 0 Å². The van der Waals surface area contributed by atoms with Gasteiger partial charge in [-0.3, -0.25) is 4.90 Å². The second-order valence-corrected chi connectivity index (χ2v) is 7.36. The lowest BCUT2D eigenvalue weighted by Gasteiger charge is -2.25. The smallest absolute Gasteiger partial charge is 0.0244 e. The third-order valence-corrected chi connectivity index (χ3v) is 4.62. The second kappa shape index (κ2) is 9.60. The Hall–Kier alpha value is -0.380. The van der Waals surface area contributed by atoms with Crippen LogP contribution in [0.2, 0.25) is 0 Å². The summed E-state index contributed by atoms with van der Waals surface area (Å²) in [5.74, 6) is 0.696. The molecular formula is C18H31BrN2. The van der Waals surface area contributed by atoms with Crippen molar-refractivity contribution in [1.82, 2.24) is 10.2 Å². The first kappa shape index (κ1) is 18.7. The van der Waals surface area contributed by atoms with Crippen LogP contribution in [0.3, 0.4) is 0 Å². The average Bonchev–Trinajstić information content (AvgIpc) is 2.41. The van der Waals surface area contributed by atoms with E-state index in [0.717, 1.165) is 19.6 Å². The molecule has 21 heavy (non-hydrogen) atoms. The van der Waals surface area contributed by atoms with Crippen molar-refractivity contribution in [3.63, 3.8) is 0 Å². The van der Waals surface area contributed by atoms with Crippen LogP contribution >= 0.6 is 15.9 Å². The molecule has 0 fully saturated rings. The molecule has 1 unspecified atom stereocenters. The van der Waals surface area contributed by atoms with Gasteiger partial charge in [0.25, 0.3) is 0 Å². The molecule has 1 aromatic rings. The summed E-state index contributed by atoms with van der Waals surface area (Å²) in [5, 5.41) is 3.49. The summed E-state index contributed by atoms with van der Waals surface area (Å²) >= 11 is 3.73. The molecule has 0 spiro atoms. The van der Waals surface area contributed by atoms with Crippen molar-refractivity contribution in [3.8, 4) is 0 Å². The van der Waals surface area contributed by atoms with Gasteiger partial charge in [-0.15, -0.1) is 0 Å². The Bertz CT molecular complexity index is 418. The predicted octanol–water partition coefficient (Wildman–Crippen LogP) is 4.82. The molecule has 0 aliphatic rings. The summed E-state index contributed by atoms with van der Waals surface area (Å²) < 4.78 is 1.22. The number of halogens is 1. The fraction of sp³-hybridized carbons (Fsp3) is 0.667. The number of nitrogens with zero attached hydrogens (tertiary/aromatic N) is 1. The first-order chi connectivity index (χ1) is 9.93. The predicted molar refractivity (Wildman–Crippen MR) is 96.5 cm³/mol.